The maximum atomic E-state index is 13.3. The number of fused-ring (bicyclic) bond motifs is 1. The highest BCUT2D eigenvalue weighted by Crippen LogP contribution is 2.31. The number of nitrogens with one attached hydrogen (secondary N) is 1. The fourth-order valence-corrected chi connectivity index (χ4v) is 5.95. The molecule has 3 aromatic rings. The van der Waals surface area contributed by atoms with E-state index in [1.54, 1.807) is 12.1 Å². The second-order valence-electron chi connectivity index (χ2n) is 6.65. The summed E-state index contributed by atoms with van der Waals surface area (Å²) in [6, 6.07) is 7.65. The van der Waals surface area contributed by atoms with E-state index in [0.29, 0.717) is 18.4 Å². The predicted molar refractivity (Wildman–Crippen MR) is 111 cm³/mol. The van der Waals surface area contributed by atoms with Gasteiger partial charge in [-0.1, -0.05) is 17.7 Å². The minimum absolute atomic E-state index is 0.000595. The molecular weight excluding hydrogens is 452 g/mol. The Morgan fingerprint density at radius 3 is 2.80 bits per heavy atom. The van der Waals surface area contributed by atoms with Crippen LogP contribution in [0.15, 0.2) is 41.3 Å². The number of nitrogens with zero attached hydrogens (tertiary/aromatic N) is 3. The lowest BCUT2D eigenvalue weighted by atomic mass is 10.1. The molecule has 156 valence electrons. The van der Waals surface area contributed by atoms with Gasteiger partial charge >= 0.3 is 5.97 Å². The molecule has 2 aromatic carbocycles. The fraction of sp³-hybridized carbons (Fsp3) is 0.222. The van der Waals surface area contributed by atoms with Crippen LogP contribution in [-0.2, 0) is 14.8 Å². The molecule has 1 atom stereocenters. The molecule has 1 saturated heterocycles. The molecule has 0 aliphatic carbocycles. The first-order chi connectivity index (χ1) is 14.3. The van der Waals surface area contributed by atoms with Crippen LogP contribution in [0.1, 0.15) is 23.2 Å². The summed E-state index contributed by atoms with van der Waals surface area (Å²) in [5.74, 6) is -1.75. The van der Waals surface area contributed by atoms with Gasteiger partial charge in [0.1, 0.15) is 22.0 Å². The molecule has 1 aromatic heterocycles. The molecule has 2 N–H and O–H groups in total. The fourth-order valence-electron chi connectivity index (χ4n) is 3.38. The zero-order valence-electron chi connectivity index (χ0n) is 15.3. The van der Waals surface area contributed by atoms with Gasteiger partial charge in [0.05, 0.1) is 28.0 Å². The second-order valence-corrected chi connectivity index (χ2v) is 9.45. The Bertz CT molecular complexity index is 1260. The van der Waals surface area contributed by atoms with E-state index < -0.39 is 27.9 Å². The molecule has 0 radical (unpaired) electrons. The monoisotopic (exact) mass is 466 g/mol. The Hall–Kier alpha value is -2.60. The first-order valence-electron chi connectivity index (χ1n) is 8.86. The number of halogens is 1. The summed E-state index contributed by atoms with van der Waals surface area (Å²) < 4.78 is 35.9. The average molecular weight is 467 g/mol. The van der Waals surface area contributed by atoms with Gasteiger partial charge in [-0.25, -0.2) is 13.2 Å². The van der Waals surface area contributed by atoms with E-state index in [2.05, 4.69) is 14.1 Å². The van der Waals surface area contributed by atoms with E-state index in [0.717, 1.165) is 16.0 Å². The normalized spacial score (nSPS) is 17.3. The molecule has 1 aliphatic heterocycles. The van der Waals surface area contributed by atoms with Crippen LogP contribution >= 0.6 is 23.3 Å². The van der Waals surface area contributed by atoms with Crippen molar-refractivity contribution < 1.29 is 23.1 Å². The van der Waals surface area contributed by atoms with Gasteiger partial charge in [-0.2, -0.15) is 13.1 Å². The SMILES string of the molecule is O=C(O)c1ccc(Cl)c(NC(=O)[C@H]2CCCN2S(=O)(=O)c2cccc3nsnc23)c1. The van der Waals surface area contributed by atoms with E-state index in [4.69, 9.17) is 16.7 Å². The molecule has 0 saturated carbocycles. The summed E-state index contributed by atoms with van der Waals surface area (Å²) in [4.78, 5) is 24.1. The molecule has 1 fully saturated rings. The third-order valence-corrected chi connectivity index (χ3v) is 7.63. The van der Waals surface area contributed by atoms with Crippen molar-refractivity contribution in [2.75, 3.05) is 11.9 Å². The second kappa shape index (κ2) is 7.91. The maximum Gasteiger partial charge on any atom is 0.335 e. The molecule has 0 bridgehead atoms. The molecule has 0 spiro atoms. The highest BCUT2D eigenvalue weighted by Gasteiger charge is 2.40. The molecule has 30 heavy (non-hydrogen) atoms. The van der Waals surface area contributed by atoms with Crippen LogP contribution in [-0.4, -0.2) is 51.0 Å². The first kappa shape index (κ1) is 20.7. The quantitative estimate of drug-likeness (QED) is 0.591. The Kier molecular flexibility index (Phi) is 5.45. The van der Waals surface area contributed by atoms with E-state index in [9.17, 15) is 18.0 Å². The van der Waals surface area contributed by atoms with Crippen molar-refractivity contribution in [2.45, 2.75) is 23.8 Å². The number of carbonyl (C=O) groups is 2. The van der Waals surface area contributed by atoms with E-state index in [-0.39, 0.29) is 33.2 Å². The summed E-state index contributed by atoms with van der Waals surface area (Å²) >= 11 is 6.99. The van der Waals surface area contributed by atoms with Crippen LogP contribution in [0.4, 0.5) is 5.69 Å². The third kappa shape index (κ3) is 3.65. The number of carbonyl (C=O) groups excluding carboxylic acids is 1. The van der Waals surface area contributed by atoms with Gasteiger partial charge in [-0.15, -0.1) is 0 Å². The van der Waals surface area contributed by atoms with Crippen molar-refractivity contribution in [3.63, 3.8) is 0 Å². The van der Waals surface area contributed by atoms with Gasteiger partial charge in [0.2, 0.25) is 15.9 Å². The van der Waals surface area contributed by atoms with Gasteiger partial charge in [-0.05, 0) is 43.2 Å². The Labute approximate surface area is 180 Å². The molecular formula is C18H15ClN4O5S2. The van der Waals surface area contributed by atoms with Gasteiger partial charge in [0.15, 0.2) is 0 Å². The number of carboxylic acid groups (broad SMARTS) is 1. The van der Waals surface area contributed by atoms with Crippen molar-refractivity contribution >= 4 is 61.9 Å². The Balaban J connectivity index is 1.64. The molecule has 12 heteroatoms. The topological polar surface area (TPSA) is 130 Å². The number of hydrogen-bond donors (Lipinski definition) is 2. The summed E-state index contributed by atoms with van der Waals surface area (Å²) in [5.41, 5.74) is 0.800. The third-order valence-electron chi connectivity index (χ3n) is 4.81. The van der Waals surface area contributed by atoms with E-state index in [1.807, 2.05) is 0 Å². The number of benzene rings is 2. The molecule has 0 unspecified atom stereocenters. The Morgan fingerprint density at radius 2 is 2.03 bits per heavy atom. The zero-order chi connectivity index (χ0) is 21.5. The summed E-state index contributed by atoms with van der Waals surface area (Å²) in [6.45, 7) is 0.178. The number of anilines is 1. The average Bonchev–Trinajstić information content (AvgIpc) is 3.38. The summed E-state index contributed by atoms with van der Waals surface area (Å²) in [5, 5.41) is 11.9. The van der Waals surface area contributed by atoms with Gasteiger partial charge in [0.25, 0.3) is 0 Å². The largest absolute Gasteiger partial charge is 0.478 e. The zero-order valence-corrected chi connectivity index (χ0v) is 17.7. The molecule has 9 nitrogen and oxygen atoms in total. The maximum absolute atomic E-state index is 13.3. The summed E-state index contributed by atoms with van der Waals surface area (Å²) in [7, 11) is -4.00. The minimum Gasteiger partial charge on any atom is -0.478 e. The number of amides is 1. The number of aromatic carboxylic acids is 1. The number of aromatic nitrogens is 2. The number of hydrogen-bond acceptors (Lipinski definition) is 7. The van der Waals surface area contributed by atoms with Crippen molar-refractivity contribution in [2.24, 2.45) is 0 Å². The number of sulfonamides is 1. The summed E-state index contributed by atoms with van der Waals surface area (Å²) in [6.07, 6.45) is 0.831. The molecule has 1 amide bonds. The highest BCUT2D eigenvalue weighted by atomic mass is 35.5. The van der Waals surface area contributed by atoms with E-state index >= 15 is 0 Å². The lowest BCUT2D eigenvalue weighted by Gasteiger charge is -2.23. The van der Waals surface area contributed by atoms with Gasteiger partial charge in [0, 0.05) is 6.54 Å². The van der Waals surface area contributed by atoms with Crippen molar-refractivity contribution in [3.8, 4) is 0 Å². The molecule has 2 heterocycles. The van der Waals surface area contributed by atoms with Gasteiger partial charge in [-0.3, -0.25) is 4.79 Å². The smallest absolute Gasteiger partial charge is 0.335 e. The number of rotatable bonds is 5. The standard InChI is InChI=1S/C18H15ClN4O5S2/c19-11-7-6-10(18(25)26)9-13(11)20-17(24)14-4-2-8-23(14)30(27,28)15-5-1-3-12-16(15)22-29-21-12/h1,3,5-7,9,14H,2,4,8H2,(H,20,24)(H,25,26)/t14-/m1/s1. The first-order valence-corrected chi connectivity index (χ1v) is 11.4. The van der Waals surface area contributed by atoms with Gasteiger partial charge < -0.3 is 10.4 Å². The number of carboxylic acids is 1. The van der Waals surface area contributed by atoms with E-state index in [1.165, 1.54) is 24.3 Å². The lowest BCUT2D eigenvalue weighted by Crippen LogP contribution is -2.43. The molecule has 4 rings (SSSR count). The van der Waals surface area contributed by atoms with Crippen LogP contribution in [0, 0.1) is 0 Å². The van der Waals surface area contributed by atoms with Crippen LogP contribution in [0.3, 0.4) is 0 Å². The van der Waals surface area contributed by atoms with Crippen molar-refractivity contribution in [1.82, 2.24) is 13.1 Å². The highest BCUT2D eigenvalue weighted by molar-refractivity contribution is 7.89. The van der Waals surface area contributed by atoms with Crippen LogP contribution < -0.4 is 5.32 Å². The van der Waals surface area contributed by atoms with Crippen LogP contribution in [0.5, 0.6) is 0 Å². The lowest BCUT2D eigenvalue weighted by molar-refractivity contribution is -0.119. The van der Waals surface area contributed by atoms with Crippen LogP contribution in [0.25, 0.3) is 11.0 Å². The molecule has 1 aliphatic rings. The minimum atomic E-state index is -4.00. The van der Waals surface area contributed by atoms with Crippen LogP contribution in [0.2, 0.25) is 5.02 Å². The Morgan fingerprint density at radius 1 is 1.23 bits per heavy atom. The van der Waals surface area contributed by atoms with Crippen molar-refractivity contribution in [3.05, 3.63) is 47.0 Å². The predicted octanol–water partition coefficient (Wildman–Crippen LogP) is 2.83. The van der Waals surface area contributed by atoms with Crippen molar-refractivity contribution in [1.29, 1.82) is 0 Å².